The van der Waals surface area contributed by atoms with Crippen molar-refractivity contribution >= 4 is 52.8 Å². The molecule has 3 N–H and O–H groups in total. The fourth-order valence-electron chi connectivity index (χ4n) is 2.80. The highest BCUT2D eigenvalue weighted by Crippen LogP contribution is 2.35. The summed E-state index contributed by atoms with van der Waals surface area (Å²) in [4.78, 5) is 2.20. The van der Waals surface area contributed by atoms with Crippen molar-refractivity contribution in [3.63, 3.8) is 0 Å². The largest absolute Gasteiger partial charge is 0.506 e. The van der Waals surface area contributed by atoms with Crippen LogP contribution in [-0.4, -0.2) is 30.7 Å². The van der Waals surface area contributed by atoms with Crippen molar-refractivity contribution in [2.45, 2.75) is 23.5 Å². The average Bonchev–Trinajstić information content (AvgIpc) is 2.95. The van der Waals surface area contributed by atoms with Crippen LogP contribution in [0.2, 0.25) is 0 Å². The summed E-state index contributed by atoms with van der Waals surface area (Å²) in [5.41, 5.74) is 0.967. The number of H-pyrrole nitrogens is 1. The molecule has 1 heterocycles. The molecule has 28 heavy (non-hydrogen) atoms. The molecule has 5 nitrogen and oxygen atoms in total. The van der Waals surface area contributed by atoms with E-state index < -0.39 is 39.3 Å². The number of para-hydroxylation sites is 1. The SMILES string of the molecule is O=S(=O)(NC(Cc1c[nH]c2ccccc12)C(F)(F)F)c1c(O)cc(Br)cc1Br. The Labute approximate surface area is 175 Å². The normalized spacial score (nSPS) is 13.8. The molecule has 0 spiro atoms. The minimum atomic E-state index is -4.84. The number of halogens is 5. The van der Waals surface area contributed by atoms with Gasteiger partial charge in [0.1, 0.15) is 16.7 Å². The highest BCUT2D eigenvalue weighted by molar-refractivity contribution is 9.11. The topological polar surface area (TPSA) is 82.2 Å². The maximum absolute atomic E-state index is 13.6. The Hall–Kier alpha value is -1.56. The van der Waals surface area contributed by atoms with Crippen molar-refractivity contribution in [2.24, 2.45) is 0 Å². The van der Waals surface area contributed by atoms with Gasteiger partial charge in [-0.15, -0.1) is 0 Å². The molecular formula is C17H13Br2F3N2O3S. The number of nitrogens with one attached hydrogen (secondary N) is 2. The molecule has 150 valence electrons. The molecule has 0 bridgehead atoms. The van der Waals surface area contributed by atoms with Crippen LogP contribution >= 0.6 is 31.9 Å². The van der Waals surface area contributed by atoms with E-state index in [2.05, 4.69) is 36.8 Å². The summed E-state index contributed by atoms with van der Waals surface area (Å²) < 4.78 is 68.0. The van der Waals surface area contributed by atoms with Gasteiger partial charge in [0.2, 0.25) is 10.0 Å². The Kier molecular flexibility index (Phi) is 5.81. The summed E-state index contributed by atoms with van der Waals surface area (Å²) in [6.07, 6.45) is -4.03. The number of benzene rings is 2. The third-order valence-electron chi connectivity index (χ3n) is 4.05. The minimum absolute atomic E-state index is 0.0695. The first kappa shape index (κ1) is 21.2. The van der Waals surface area contributed by atoms with Crippen LogP contribution in [0.3, 0.4) is 0 Å². The van der Waals surface area contributed by atoms with Gasteiger partial charge in [0, 0.05) is 26.0 Å². The van der Waals surface area contributed by atoms with Crippen LogP contribution in [0.4, 0.5) is 13.2 Å². The van der Waals surface area contributed by atoms with Gasteiger partial charge in [-0.2, -0.15) is 17.9 Å². The van der Waals surface area contributed by atoms with Crippen molar-refractivity contribution in [3.8, 4) is 5.75 Å². The second-order valence-electron chi connectivity index (χ2n) is 6.01. The van der Waals surface area contributed by atoms with Crippen molar-refractivity contribution in [1.29, 1.82) is 0 Å². The van der Waals surface area contributed by atoms with E-state index in [1.807, 2.05) is 0 Å². The molecule has 0 aliphatic carbocycles. The van der Waals surface area contributed by atoms with E-state index >= 15 is 0 Å². The van der Waals surface area contributed by atoms with E-state index in [0.29, 0.717) is 20.9 Å². The average molecular weight is 542 g/mol. The van der Waals surface area contributed by atoms with E-state index in [-0.39, 0.29) is 4.47 Å². The van der Waals surface area contributed by atoms with Crippen molar-refractivity contribution < 1.29 is 26.7 Å². The summed E-state index contributed by atoms with van der Waals surface area (Å²) in [6, 6.07) is 6.80. The number of rotatable bonds is 5. The van der Waals surface area contributed by atoms with Crippen LogP contribution in [0.25, 0.3) is 10.9 Å². The molecule has 11 heteroatoms. The molecular weight excluding hydrogens is 529 g/mol. The van der Waals surface area contributed by atoms with Crippen LogP contribution in [0.15, 0.2) is 56.4 Å². The number of hydrogen-bond acceptors (Lipinski definition) is 3. The molecule has 1 aromatic heterocycles. The molecule has 0 saturated carbocycles. The fraction of sp³-hybridized carbons (Fsp3) is 0.176. The number of aromatic nitrogens is 1. The van der Waals surface area contributed by atoms with Gasteiger partial charge in [-0.05, 0) is 46.1 Å². The molecule has 0 aliphatic rings. The number of aromatic amines is 1. The molecule has 3 rings (SSSR count). The first-order valence-corrected chi connectivity index (χ1v) is 10.9. The standard InChI is InChI=1S/C17H13Br2F3N2O3S/c18-10-6-12(19)16(14(25)7-10)28(26,27)24-15(17(20,21)22)5-9-8-23-13-4-2-1-3-11(9)13/h1-4,6-8,15,23-25H,5H2. The molecule has 0 fully saturated rings. The maximum Gasteiger partial charge on any atom is 0.405 e. The molecule has 3 aromatic rings. The lowest BCUT2D eigenvalue weighted by Gasteiger charge is -2.22. The number of alkyl halides is 3. The predicted molar refractivity (Wildman–Crippen MR) is 106 cm³/mol. The zero-order valence-electron chi connectivity index (χ0n) is 13.9. The molecule has 0 amide bonds. The summed E-state index contributed by atoms with van der Waals surface area (Å²) in [5, 5.41) is 10.5. The van der Waals surface area contributed by atoms with Crippen LogP contribution in [-0.2, 0) is 16.4 Å². The molecule has 0 radical (unpaired) electrons. The Bertz CT molecular complexity index is 1110. The molecule has 2 aromatic carbocycles. The Morgan fingerprint density at radius 1 is 1.18 bits per heavy atom. The minimum Gasteiger partial charge on any atom is -0.506 e. The number of aromatic hydroxyl groups is 1. The highest BCUT2D eigenvalue weighted by atomic mass is 79.9. The fourth-order valence-corrected chi connectivity index (χ4v) is 6.00. The summed E-state index contributed by atoms with van der Waals surface area (Å²) in [6.45, 7) is 0. The first-order chi connectivity index (χ1) is 13.0. The molecule has 0 saturated heterocycles. The van der Waals surface area contributed by atoms with Gasteiger partial charge in [0.15, 0.2) is 0 Å². The Morgan fingerprint density at radius 3 is 2.50 bits per heavy atom. The van der Waals surface area contributed by atoms with Crippen LogP contribution < -0.4 is 4.72 Å². The van der Waals surface area contributed by atoms with E-state index in [1.165, 1.54) is 12.3 Å². The van der Waals surface area contributed by atoms with Gasteiger partial charge < -0.3 is 10.1 Å². The smallest absolute Gasteiger partial charge is 0.405 e. The monoisotopic (exact) mass is 540 g/mol. The van der Waals surface area contributed by atoms with Crippen molar-refractivity contribution in [2.75, 3.05) is 0 Å². The van der Waals surface area contributed by atoms with Gasteiger partial charge in [0.05, 0.1) is 0 Å². The van der Waals surface area contributed by atoms with E-state index in [1.54, 1.807) is 29.0 Å². The third kappa shape index (κ3) is 4.37. The zero-order valence-corrected chi connectivity index (χ0v) is 17.9. The lowest BCUT2D eigenvalue weighted by atomic mass is 10.1. The summed E-state index contributed by atoms with van der Waals surface area (Å²) in [5.74, 6) is -0.679. The van der Waals surface area contributed by atoms with E-state index in [0.717, 1.165) is 6.07 Å². The number of hydrogen-bond donors (Lipinski definition) is 3. The van der Waals surface area contributed by atoms with Gasteiger partial charge >= 0.3 is 6.18 Å². The lowest BCUT2D eigenvalue weighted by Crippen LogP contribution is -2.46. The second-order valence-corrected chi connectivity index (χ2v) is 9.44. The lowest BCUT2D eigenvalue weighted by molar-refractivity contribution is -0.150. The number of sulfonamides is 1. The quantitative estimate of drug-likeness (QED) is 0.432. The number of phenols is 1. The highest BCUT2D eigenvalue weighted by Gasteiger charge is 2.43. The Balaban J connectivity index is 1.98. The van der Waals surface area contributed by atoms with Gasteiger partial charge in [0.25, 0.3) is 0 Å². The summed E-state index contributed by atoms with van der Waals surface area (Å²) in [7, 11) is -4.68. The second kappa shape index (κ2) is 7.69. The third-order valence-corrected chi connectivity index (χ3v) is 6.96. The first-order valence-electron chi connectivity index (χ1n) is 7.81. The number of phenolic OH excluding ortho intramolecular Hbond substituents is 1. The summed E-state index contributed by atoms with van der Waals surface area (Å²) >= 11 is 6.04. The van der Waals surface area contributed by atoms with Crippen LogP contribution in [0.1, 0.15) is 5.56 Å². The Morgan fingerprint density at radius 2 is 1.86 bits per heavy atom. The van der Waals surface area contributed by atoms with Crippen LogP contribution in [0.5, 0.6) is 5.75 Å². The molecule has 0 aliphatic heterocycles. The number of fused-ring (bicyclic) bond motifs is 1. The van der Waals surface area contributed by atoms with Gasteiger partial charge in [-0.3, -0.25) is 0 Å². The van der Waals surface area contributed by atoms with Crippen LogP contribution in [0, 0.1) is 0 Å². The zero-order chi connectivity index (χ0) is 20.7. The van der Waals surface area contributed by atoms with Gasteiger partial charge in [-0.25, -0.2) is 8.42 Å². The molecule has 1 unspecified atom stereocenters. The van der Waals surface area contributed by atoms with E-state index in [9.17, 15) is 26.7 Å². The van der Waals surface area contributed by atoms with Crippen molar-refractivity contribution in [3.05, 3.63) is 57.1 Å². The van der Waals surface area contributed by atoms with Crippen molar-refractivity contribution in [1.82, 2.24) is 9.71 Å². The maximum atomic E-state index is 13.6. The van der Waals surface area contributed by atoms with E-state index in [4.69, 9.17) is 0 Å². The predicted octanol–water partition coefficient (Wildman–Crippen LogP) is 4.85. The van der Waals surface area contributed by atoms with Gasteiger partial charge in [-0.1, -0.05) is 34.1 Å². The molecule has 1 atom stereocenters.